The standard InChI is InChI=1S/C11H26NO3Si.C2F6NO4S2/c1-5-12(9-7-6-8-10-12)11-16(13-2,14-3)15-4;3-1(4,5)14(10,11)9-15(12,13)2(6,7)8/h5-11H2,1-4H3;/q+1;-1. The highest BCUT2D eigenvalue weighted by Crippen LogP contribution is 2.36. The van der Waals surface area contributed by atoms with Gasteiger partial charge in [-0.1, -0.05) is 0 Å². The zero-order chi connectivity index (χ0) is 24.8. The van der Waals surface area contributed by atoms with Crippen molar-refractivity contribution in [3.05, 3.63) is 4.13 Å². The Kier molecular flexibility index (Phi) is 10.9. The maximum absolute atomic E-state index is 11.4. The zero-order valence-corrected chi connectivity index (χ0v) is 19.9. The summed E-state index contributed by atoms with van der Waals surface area (Å²) in [5.41, 5.74) is -12.4. The summed E-state index contributed by atoms with van der Waals surface area (Å²) in [6.07, 6.45) is 4.90. The first-order valence-electron chi connectivity index (χ1n) is 8.74. The predicted octanol–water partition coefficient (Wildman–Crippen LogP) is 2.48. The van der Waals surface area contributed by atoms with Gasteiger partial charge >= 0.3 is 19.8 Å². The van der Waals surface area contributed by atoms with Gasteiger partial charge in [0.2, 0.25) is 0 Å². The van der Waals surface area contributed by atoms with Crippen molar-refractivity contribution in [2.24, 2.45) is 0 Å². The fourth-order valence-corrected chi connectivity index (χ4v) is 6.80. The summed E-state index contributed by atoms with van der Waals surface area (Å²) in [7, 11) is -10.8. The van der Waals surface area contributed by atoms with Crippen molar-refractivity contribution in [2.45, 2.75) is 37.2 Å². The first-order chi connectivity index (χ1) is 13.9. The second kappa shape index (κ2) is 11.1. The molecule has 0 aromatic heterocycles. The molecule has 0 N–H and O–H groups in total. The van der Waals surface area contributed by atoms with Gasteiger partial charge in [0.15, 0.2) is 20.0 Å². The van der Waals surface area contributed by atoms with Crippen LogP contribution in [-0.4, -0.2) is 88.3 Å². The van der Waals surface area contributed by atoms with Crippen molar-refractivity contribution in [1.29, 1.82) is 0 Å². The Hall–Kier alpha value is -0.503. The molecule has 0 aliphatic carbocycles. The van der Waals surface area contributed by atoms with Gasteiger partial charge in [0.1, 0.15) is 6.17 Å². The maximum Gasteiger partial charge on any atom is 0.558 e. The van der Waals surface area contributed by atoms with Gasteiger partial charge in [-0.05, 0) is 26.2 Å². The van der Waals surface area contributed by atoms with E-state index in [-0.39, 0.29) is 0 Å². The molecule has 0 aromatic rings. The third-order valence-electron chi connectivity index (χ3n) is 4.68. The van der Waals surface area contributed by atoms with Gasteiger partial charge in [0.25, 0.3) is 0 Å². The summed E-state index contributed by atoms with van der Waals surface area (Å²) in [5.74, 6) is 0. The number of halogens is 6. The third kappa shape index (κ3) is 8.41. The van der Waals surface area contributed by atoms with Crippen LogP contribution < -0.4 is 0 Å². The molecule has 9 nitrogen and oxygen atoms in total. The number of hydrogen-bond donors (Lipinski definition) is 0. The highest BCUT2D eigenvalue weighted by molar-refractivity contribution is 8.13. The molecule has 1 rings (SSSR count). The average Bonchev–Trinajstić information content (AvgIpc) is 2.65. The number of quaternary nitrogens is 1. The number of piperidine rings is 1. The number of likely N-dealkylation sites (tertiary alicyclic amines) is 1. The molecule has 0 bridgehead atoms. The largest absolute Gasteiger partial charge is 0.558 e. The first-order valence-corrected chi connectivity index (χ1v) is 13.5. The SMILES string of the molecule is CC[N+]1(C[Si](OC)(OC)OC)CCCCC1.O=S(=O)([N-]S(=O)(=O)C(F)(F)F)C(F)(F)F. The summed E-state index contributed by atoms with van der Waals surface area (Å²) in [4.78, 5) is 0. The average molecular weight is 529 g/mol. The molecule has 0 amide bonds. The fourth-order valence-electron chi connectivity index (χ4n) is 2.84. The van der Waals surface area contributed by atoms with Gasteiger partial charge in [-0.3, -0.25) is 0 Å². The van der Waals surface area contributed by atoms with E-state index in [0.717, 1.165) is 21.3 Å². The number of rotatable bonds is 8. The number of nitrogens with zero attached hydrogens (tertiary/aromatic N) is 2. The van der Waals surface area contributed by atoms with Crippen molar-refractivity contribution < 1.29 is 60.9 Å². The van der Waals surface area contributed by atoms with Crippen LogP contribution in [0.1, 0.15) is 26.2 Å². The van der Waals surface area contributed by atoms with Crippen molar-refractivity contribution in [1.82, 2.24) is 0 Å². The molecule has 0 atom stereocenters. The van der Waals surface area contributed by atoms with Crippen LogP contribution in [0.25, 0.3) is 4.13 Å². The van der Waals surface area contributed by atoms with Crippen LogP contribution in [0.4, 0.5) is 26.3 Å². The van der Waals surface area contributed by atoms with E-state index < -0.39 is 39.9 Å². The minimum absolute atomic E-state index is 0.778. The zero-order valence-electron chi connectivity index (χ0n) is 17.3. The molecular weight excluding hydrogens is 502 g/mol. The third-order valence-corrected chi connectivity index (χ3v) is 10.3. The van der Waals surface area contributed by atoms with E-state index in [0.29, 0.717) is 0 Å². The highest BCUT2D eigenvalue weighted by Gasteiger charge is 2.48. The molecular formula is C13H26F6N2O7S2Si. The highest BCUT2D eigenvalue weighted by atomic mass is 32.3. The van der Waals surface area contributed by atoms with Crippen LogP contribution in [0, 0.1) is 0 Å². The fraction of sp³-hybridized carbons (Fsp3) is 1.00. The first kappa shape index (κ1) is 30.5. The monoisotopic (exact) mass is 528 g/mol. The lowest BCUT2D eigenvalue weighted by Crippen LogP contribution is -2.63. The molecule has 0 aromatic carbocycles. The molecule has 0 spiro atoms. The van der Waals surface area contributed by atoms with Crippen molar-refractivity contribution in [3.8, 4) is 0 Å². The van der Waals surface area contributed by atoms with Crippen molar-refractivity contribution >= 4 is 28.9 Å². The molecule has 31 heavy (non-hydrogen) atoms. The van der Waals surface area contributed by atoms with Crippen LogP contribution in [0.3, 0.4) is 0 Å². The van der Waals surface area contributed by atoms with Crippen LogP contribution >= 0.6 is 0 Å². The minimum Gasteiger partial charge on any atom is -0.421 e. The quantitative estimate of drug-likeness (QED) is 0.270. The Balaban J connectivity index is 0.000000582. The van der Waals surface area contributed by atoms with E-state index in [9.17, 15) is 43.2 Å². The Morgan fingerprint density at radius 2 is 1.16 bits per heavy atom. The predicted molar refractivity (Wildman–Crippen MR) is 99.3 cm³/mol. The van der Waals surface area contributed by atoms with E-state index in [2.05, 4.69) is 6.92 Å². The van der Waals surface area contributed by atoms with Crippen molar-refractivity contribution in [2.75, 3.05) is 47.1 Å². The molecule has 0 saturated carbocycles. The van der Waals surface area contributed by atoms with E-state index >= 15 is 0 Å². The summed E-state index contributed by atoms with van der Waals surface area (Å²) in [5, 5.41) is 0. The molecule has 18 heteroatoms. The Morgan fingerprint density at radius 1 is 0.806 bits per heavy atom. The Bertz CT molecular complexity index is 714. The molecule has 1 aliphatic rings. The summed E-state index contributed by atoms with van der Waals surface area (Å²) < 4.78 is 127. The Morgan fingerprint density at radius 3 is 1.42 bits per heavy atom. The van der Waals surface area contributed by atoms with Crippen LogP contribution in [-0.2, 0) is 33.3 Å². The van der Waals surface area contributed by atoms with E-state index in [1.165, 1.54) is 32.4 Å². The van der Waals surface area contributed by atoms with Gasteiger partial charge < -0.3 is 21.9 Å². The molecule has 0 unspecified atom stereocenters. The lowest BCUT2D eigenvalue weighted by molar-refractivity contribution is -0.923. The smallest absolute Gasteiger partial charge is 0.421 e. The lowest BCUT2D eigenvalue weighted by Gasteiger charge is -2.43. The minimum atomic E-state index is -6.72. The summed E-state index contributed by atoms with van der Waals surface area (Å²) in [6, 6.07) is 0. The molecule has 1 fully saturated rings. The second-order valence-corrected chi connectivity index (χ2v) is 12.9. The topological polar surface area (TPSA) is 110 Å². The molecule has 188 valence electrons. The van der Waals surface area contributed by atoms with Gasteiger partial charge in [-0.15, -0.1) is 0 Å². The Labute approximate surface area is 178 Å². The molecule has 1 saturated heterocycles. The lowest BCUT2D eigenvalue weighted by atomic mass is 10.1. The van der Waals surface area contributed by atoms with Gasteiger partial charge in [-0.25, -0.2) is 16.8 Å². The molecule has 0 radical (unpaired) electrons. The molecule has 1 heterocycles. The maximum atomic E-state index is 11.4. The van der Waals surface area contributed by atoms with E-state index in [4.69, 9.17) is 13.3 Å². The van der Waals surface area contributed by atoms with E-state index in [1.807, 2.05) is 0 Å². The number of alkyl halides is 6. The second-order valence-electron chi connectivity index (χ2n) is 6.54. The van der Waals surface area contributed by atoms with Crippen LogP contribution in [0.15, 0.2) is 0 Å². The van der Waals surface area contributed by atoms with Crippen molar-refractivity contribution in [3.63, 3.8) is 0 Å². The van der Waals surface area contributed by atoms with Crippen LogP contribution in [0.2, 0.25) is 0 Å². The summed E-state index contributed by atoms with van der Waals surface area (Å²) in [6.45, 7) is 5.87. The molecule has 1 aliphatic heterocycles. The van der Waals surface area contributed by atoms with Gasteiger partial charge in [-0.2, -0.15) is 26.3 Å². The number of hydrogen-bond acceptors (Lipinski definition) is 7. The van der Waals surface area contributed by atoms with Crippen LogP contribution in [0.5, 0.6) is 0 Å². The van der Waals surface area contributed by atoms with E-state index in [1.54, 1.807) is 21.3 Å². The normalized spacial score (nSPS) is 18.3. The summed E-state index contributed by atoms with van der Waals surface area (Å²) >= 11 is 0. The van der Waals surface area contributed by atoms with Gasteiger partial charge in [0, 0.05) is 21.3 Å². The van der Waals surface area contributed by atoms with Gasteiger partial charge in [0.05, 0.1) is 19.6 Å². The number of sulfonamides is 2.